The fraction of sp³-hybridized carbons (Fsp3) is 0.286. The van der Waals surface area contributed by atoms with Gasteiger partial charge >= 0.3 is 6.03 Å². The molecule has 106 valence electrons. The van der Waals surface area contributed by atoms with Crippen LogP contribution in [0, 0.1) is 0 Å². The Morgan fingerprint density at radius 1 is 1.45 bits per heavy atom. The highest BCUT2D eigenvalue weighted by atomic mass is 32.1. The number of anilines is 1. The molecular formula is C14H18N4OS. The van der Waals surface area contributed by atoms with Gasteiger partial charge in [-0.25, -0.2) is 9.78 Å². The van der Waals surface area contributed by atoms with Crippen molar-refractivity contribution in [1.82, 2.24) is 15.6 Å². The number of nitrogens with zero attached hydrogens (tertiary/aromatic N) is 1. The van der Waals surface area contributed by atoms with E-state index >= 15 is 0 Å². The van der Waals surface area contributed by atoms with Gasteiger partial charge in [0.1, 0.15) is 0 Å². The molecule has 1 atom stereocenters. The van der Waals surface area contributed by atoms with Crippen molar-refractivity contribution in [3.05, 3.63) is 46.4 Å². The molecule has 0 fully saturated rings. The van der Waals surface area contributed by atoms with Crippen LogP contribution in [-0.2, 0) is 6.54 Å². The lowest BCUT2D eigenvalue weighted by Gasteiger charge is -2.12. The Kier molecular flexibility index (Phi) is 5.09. The van der Waals surface area contributed by atoms with Crippen molar-refractivity contribution in [1.29, 1.82) is 0 Å². The highest BCUT2D eigenvalue weighted by Gasteiger charge is 2.06. The van der Waals surface area contributed by atoms with E-state index in [0.717, 1.165) is 16.9 Å². The first-order valence-corrected chi connectivity index (χ1v) is 7.32. The molecule has 1 aromatic heterocycles. The number of carbonyl (C=O) groups excluding carboxylic acids is 1. The van der Waals surface area contributed by atoms with Crippen molar-refractivity contribution in [3.8, 4) is 0 Å². The van der Waals surface area contributed by atoms with Crippen molar-refractivity contribution in [2.75, 3.05) is 12.4 Å². The Balaban J connectivity index is 1.90. The van der Waals surface area contributed by atoms with Crippen LogP contribution in [-0.4, -0.2) is 18.1 Å². The quantitative estimate of drug-likeness (QED) is 0.793. The molecule has 0 radical (unpaired) electrons. The van der Waals surface area contributed by atoms with Gasteiger partial charge in [0.2, 0.25) is 0 Å². The highest BCUT2D eigenvalue weighted by Crippen LogP contribution is 2.16. The van der Waals surface area contributed by atoms with Crippen LogP contribution in [0.4, 0.5) is 10.5 Å². The van der Waals surface area contributed by atoms with Crippen LogP contribution in [0.25, 0.3) is 0 Å². The molecule has 2 aromatic rings. The molecular weight excluding hydrogens is 272 g/mol. The molecule has 0 aliphatic carbocycles. The Bertz CT molecular complexity index is 556. The summed E-state index contributed by atoms with van der Waals surface area (Å²) in [7, 11) is 1.91. The zero-order chi connectivity index (χ0) is 14.4. The molecule has 0 saturated heterocycles. The van der Waals surface area contributed by atoms with Crippen LogP contribution in [0.5, 0.6) is 0 Å². The summed E-state index contributed by atoms with van der Waals surface area (Å²) in [5.41, 5.74) is 4.52. The van der Waals surface area contributed by atoms with E-state index in [-0.39, 0.29) is 12.1 Å². The summed E-state index contributed by atoms with van der Waals surface area (Å²) in [6, 6.07) is 7.80. The molecule has 20 heavy (non-hydrogen) atoms. The number of rotatable bonds is 5. The van der Waals surface area contributed by atoms with E-state index in [1.807, 2.05) is 36.7 Å². The Labute approximate surface area is 122 Å². The Hall–Kier alpha value is -1.92. The van der Waals surface area contributed by atoms with Crippen LogP contribution in [0.15, 0.2) is 35.2 Å². The minimum Gasteiger partial charge on any atom is -0.332 e. The molecule has 3 N–H and O–H groups in total. The molecule has 0 aliphatic heterocycles. The smallest absolute Gasteiger partial charge is 0.319 e. The average molecular weight is 290 g/mol. The standard InChI is InChI=1S/C14H18N4OS/c1-10(15-2)11-4-3-5-12(6-11)18-14(19)16-7-13-8-20-9-17-13/h3-6,8-10,15H,7H2,1-2H3,(H2,16,18,19). The predicted molar refractivity (Wildman–Crippen MR) is 81.9 cm³/mol. The Morgan fingerprint density at radius 2 is 2.30 bits per heavy atom. The summed E-state index contributed by atoms with van der Waals surface area (Å²) in [4.78, 5) is 15.9. The number of thiazole rings is 1. The zero-order valence-corrected chi connectivity index (χ0v) is 12.3. The van der Waals surface area contributed by atoms with E-state index in [1.165, 1.54) is 11.3 Å². The largest absolute Gasteiger partial charge is 0.332 e. The van der Waals surface area contributed by atoms with Gasteiger partial charge in [0.25, 0.3) is 0 Å². The Morgan fingerprint density at radius 3 is 3.00 bits per heavy atom. The molecule has 1 aromatic carbocycles. The van der Waals surface area contributed by atoms with Gasteiger partial charge in [-0.1, -0.05) is 12.1 Å². The molecule has 1 heterocycles. The van der Waals surface area contributed by atoms with Gasteiger partial charge in [-0.05, 0) is 31.7 Å². The number of hydrogen-bond acceptors (Lipinski definition) is 4. The first-order chi connectivity index (χ1) is 9.69. The summed E-state index contributed by atoms with van der Waals surface area (Å²) in [5, 5.41) is 10.7. The van der Waals surface area contributed by atoms with E-state index in [9.17, 15) is 4.79 Å². The highest BCUT2D eigenvalue weighted by molar-refractivity contribution is 7.07. The van der Waals surface area contributed by atoms with Crippen molar-refractivity contribution in [3.63, 3.8) is 0 Å². The maximum atomic E-state index is 11.8. The summed E-state index contributed by atoms with van der Waals surface area (Å²) in [5.74, 6) is 0. The molecule has 0 aliphatic rings. The maximum Gasteiger partial charge on any atom is 0.319 e. The molecule has 5 nitrogen and oxygen atoms in total. The number of hydrogen-bond donors (Lipinski definition) is 3. The summed E-state index contributed by atoms with van der Waals surface area (Å²) in [6.45, 7) is 2.50. The van der Waals surface area contributed by atoms with Crippen LogP contribution in [0.2, 0.25) is 0 Å². The minimum atomic E-state index is -0.229. The van der Waals surface area contributed by atoms with Crippen molar-refractivity contribution in [2.24, 2.45) is 0 Å². The number of urea groups is 1. The normalized spacial score (nSPS) is 11.9. The third-order valence-electron chi connectivity index (χ3n) is 2.99. The van der Waals surface area contributed by atoms with Gasteiger partial charge < -0.3 is 16.0 Å². The number of amides is 2. The van der Waals surface area contributed by atoms with E-state index in [2.05, 4.69) is 27.9 Å². The van der Waals surface area contributed by atoms with Crippen LogP contribution in [0.1, 0.15) is 24.2 Å². The molecule has 0 saturated carbocycles. The third kappa shape index (κ3) is 4.04. The lowest BCUT2D eigenvalue weighted by Crippen LogP contribution is -2.28. The monoisotopic (exact) mass is 290 g/mol. The van der Waals surface area contributed by atoms with Gasteiger partial charge in [0, 0.05) is 17.1 Å². The number of aromatic nitrogens is 1. The second-order valence-corrected chi connectivity index (χ2v) is 5.14. The van der Waals surface area contributed by atoms with Crippen molar-refractivity contribution >= 4 is 23.1 Å². The summed E-state index contributed by atoms with van der Waals surface area (Å²) >= 11 is 1.51. The maximum absolute atomic E-state index is 11.8. The summed E-state index contributed by atoms with van der Waals surface area (Å²) < 4.78 is 0. The van der Waals surface area contributed by atoms with Gasteiger partial charge in [-0.15, -0.1) is 11.3 Å². The molecule has 1 unspecified atom stereocenters. The van der Waals surface area contributed by atoms with Gasteiger partial charge in [-0.3, -0.25) is 0 Å². The lowest BCUT2D eigenvalue weighted by atomic mass is 10.1. The van der Waals surface area contributed by atoms with Crippen molar-refractivity contribution < 1.29 is 4.79 Å². The summed E-state index contributed by atoms with van der Waals surface area (Å²) in [6.07, 6.45) is 0. The van der Waals surface area contributed by atoms with Gasteiger partial charge in [0.05, 0.1) is 17.7 Å². The van der Waals surface area contributed by atoms with Gasteiger partial charge in [0.15, 0.2) is 0 Å². The van der Waals surface area contributed by atoms with Gasteiger partial charge in [-0.2, -0.15) is 0 Å². The SMILES string of the molecule is CNC(C)c1cccc(NC(=O)NCc2cscn2)c1. The van der Waals surface area contributed by atoms with E-state index < -0.39 is 0 Å². The number of carbonyl (C=O) groups is 1. The zero-order valence-electron chi connectivity index (χ0n) is 11.5. The van der Waals surface area contributed by atoms with E-state index in [4.69, 9.17) is 0 Å². The van der Waals surface area contributed by atoms with Crippen LogP contribution >= 0.6 is 11.3 Å². The molecule has 2 rings (SSSR count). The topological polar surface area (TPSA) is 66.0 Å². The fourth-order valence-corrected chi connectivity index (χ4v) is 2.28. The average Bonchev–Trinajstić information content (AvgIpc) is 2.98. The van der Waals surface area contributed by atoms with Crippen molar-refractivity contribution in [2.45, 2.75) is 19.5 Å². The first-order valence-electron chi connectivity index (χ1n) is 6.38. The van der Waals surface area contributed by atoms with E-state index in [0.29, 0.717) is 6.54 Å². The second kappa shape index (κ2) is 7.02. The predicted octanol–water partition coefficient (Wildman–Crippen LogP) is 2.75. The van der Waals surface area contributed by atoms with Crippen LogP contribution < -0.4 is 16.0 Å². The minimum absolute atomic E-state index is 0.229. The number of benzene rings is 1. The molecule has 0 bridgehead atoms. The second-order valence-electron chi connectivity index (χ2n) is 4.42. The fourth-order valence-electron chi connectivity index (χ4n) is 1.72. The van der Waals surface area contributed by atoms with Crippen LogP contribution in [0.3, 0.4) is 0 Å². The lowest BCUT2D eigenvalue weighted by molar-refractivity contribution is 0.251. The molecule has 6 heteroatoms. The third-order valence-corrected chi connectivity index (χ3v) is 3.63. The molecule has 2 amide bonds. The number of nitrogens with one attached hydrogen (secondary N) is 3. The van der Waals surface area contributed by atoms with E-state index in [1.54, 1.807) is 5.51 Å². The molecule has 0 spiro atoms. The first kappa shape index (κ1) is 14.5.